The molecule has 20 heavy (non-hydrogen) atoms. The van der Waals surface area contributed by atoms with Gasteiger partial charge in [0.2, 0.25) is 11.1 Å². The molecule has 0 saturated carbocycles. The van der Waals surface area contributed by atoms with Crippen molar-refractivity contribution in [3.05, 3.63) is 35.7 Å². The maximum atomic E-state index is 11.8. The molecular formula is C13H14N4O2S. The van der Waals surface area contributed by atoms with Gasteiger partial charge >= 0.3 is 0 Å². The van der Waals surface area contributed by atoms with E-state index in [0.29, 0.717) is 22.2 Å². The lowest BCUT2D eigenvalue weighted by Crippen LogP contribution is -2.14. The average molecular weight is 290 g/mol. The first-order valence-electron chi connectivity index (χ1n) is 5.97. The van der Waals surface area contributed by atoms with E-state index in [-0.39, 0.29) is 17.4 Å². The summed E-state index contributed by atoms with van der Waals surface area (Å²) in [5.41, 5.74) is 1.18. The predicted molar refractivity (Wildman–Crippen MR) is 76.9 cm³/mol. The number of aromatic amines is 1. The van der Waals surface area contributed by atoms with Crippen LogP contribution in [0.1, 0.15) is 23.1 Å². The first-order valence-corrected chi connectivity index (χ1v) is 6.96. The van der Waals surface area contributed by atoms with Crippen molar-refractivity contribution in [1.29, 1.82) is 0 Å². The second-order valence-corrected chi connectivity index (χ2v) is 5.12. The van der Waals surface area contributed by atoms with Crippen LogP contribution in [-0.2, 0) is 4.79 Å². The molecule has 0 aliphatic carbocycles. The first kappa shape index (κ1) is 14.3. The number of nitrogens with zero attached hydrogens (tertiary/aromatic N) is 2. The van der Waals surface area contributed by atoms with Gasteiger partial charge in [-0.05, 0) is 26.0 Å². The number of aromatic nitrogens is 3. The zero-order chi connectivity index (χ0) is 14.5. The quantitative estimate of drug-likeness (QED) is 0.650. The summed E-state index contributed by atoms with van der Waals surface area (Å²) in [6.45, 7) is 3.28. The summed E-state index contributed by atoms with van der Waals surface area (Å²) in [6.07, 6.45) is 0. The van der Waals surface area contributed by atoms with Crippen LogP contribution in [0.3, 0.4) is 0 Å². The Morgan fingerprint density at radius 3 is 2.85 bits per heavy atom. The third-order valence-electron chi connectivity index (χ3n) is 2.46. The van der Waals surface area contributed by atoms with Crippen molar-refractivity contribution in [2.24, 2.45) is 0 Å². The average Bonchev–Trinajstić information content (AvgIpc) is 2.82. The Balaban J connectivity index is 1.91. The van der Waals surface area contributed by atoms with E-state index in [9.17, 15) is 9.59 Å². The highest BCUT2D eigenvalue weighted by atomic mass is 32.2. The van der Waals surface area contributed by atoms with Gasteiger partial charge in [0.15, 0.2) is 5.78 Å². The first-order chi connectivity index (χ1) is 9.54. The molecule has 2 rings (SSSR count). The minimum absolute atomic E-state index is 0.0355. The van der Waals surface area contributed by atoms with Gasteiger partial charge in [-0.2, -0.15) is 0 Å². The van der Waals surface area contributed by atoms with Gasteiger partial charge in [-0.1, -0.05) is 23.9 Å². The highest BCUT2D eigenvalue weighted by molar-refractivity contribution is 7.99. The van der Waals surface area contributed by atoms with Crippen molar-refractivity contribution < 1.29 is 9.59 Å². The van der Waals surface area contributed by atoms with Gasteiger partial charge in [0.25, 0.3) is 0 Å². The number of carbonyl (C=O) groups is 2. The Bertz CT molecular complexity index is 639. The van der Waals surface area contributed by atoms with Crippen molar-refractivity contribution in [3.8, 4) is 0 Å². The molecule has 0 saturated heterocycles. The lowest BCUT2D eigenvalue weighted by atomic mass is 10.1. The Kier molecular flexibility index (Phi) is 4.52. The standard InChI is InChI=1S/C13H14N4O2S/c1-8(18)10-4-3-5-11(6-10)15-12(19)7-20-13-14-9(2)16-17-13/h3-6H,7H2,1-2H3,(H,15,19)(H,14,16,17). The van der Waals surface area contributed by atoms with Crippen LogP contribution >= 0.6 is 11.8 Å². The molecular weight excluding hydrogens is 276 g/mol. The van der Waals surface area contributed by atoms with Crippen LogP contribution < -0.4 is 5.32 Å². The van der Waals surface area contributed by atoms with Crippen LogP contribution in [0, 0.1) is 6.92 Å². The topological polar surface area (TPSA) is 87.7 Å². The summed E-state index contributed by atoms with van der Waals surface area (Å²) in [5.74, 6) is 0.716. The van der Waals surface area contributed by atoms with Gasteiger partial charge in [-0.3, -0.25) is 14.7 Å². The molecule has 104 valence electrons. The molecule has 2 N–H and O–H groups in total. The van der Waals surface area contributed by atoms with E-state index in [1.807, 2.05) is 0 Å². The number of carbonyl (C=O) groups excluding carboxylic acids is 2. The van der Waals surface area contributed by atoms with E-state index in [1.54, 1.807) is 31.2 Å². The number of benzene rings is 1. The van der Waals surface area contributed by atoms with E-state index < -0.39 is 0 Å². The molecule has 6 nitrogen and oxygen atoms in total. The molecule has 1 heterocycles. The van der Waals surface area contributed by atoms with Crippen LogP contribution in [0.2, 0.25) is 0 Å². The fourth-order valence-corrected chi connectivity index (χ4v) is 2.17. The minimum Gasteiger partial charge on any atom is -0.325 e. The zero-order valence-electron chi connectivity index (χ0n) is 11.1. The third kappa shape index (κ3) is 3.92. The largest absolute Gasteiger partial charge is 0.325 e. The summed E-state index contributed by atoms with van der Waals surface area (Å²) < 4.78 is 0. The fraction of sp³-hybridized carbons (Fsp3) is 0.231. The third-order valence-corrected chi connectivity index (χ3v) is 3.31. The van der Waals surface area contributed by atoms with Gasteiger partial charge in [-0.15, -0.1) is 5.10 Å². The molecule has 0 aliphatic rings. The molecule has 1 aromatic carbocycles. The Hall–Kier alpha value is -2.15. The van der Waals surface area contributed by atoms with Crippen molar-refractivity contribution >= 4 is 29.1 Å². The number of aryl methyl sites for hydroxylation is 1. The van der Waals surface area contributed by atoms with Crippen LogP contribution in [-0.4, -0.2) is 32.6 Å². The lowest BCUT2D eigenvalue weighted by Gasteiger charge is -2.05. The normalized spacial score (nSPS) is 10.3. The van der Waals surface area contributed by atoms with Gasteiger partial charge in [0.1, 0.15) is 5.82 Å². The zero-order valence-corrected chi connectivity index (χ0v) is 12.0. The fourth-order valence-electron chi connectivity index (χ4n) is 1.53. The molecule has 1 aromatic heterocycles. The molecule has 0 spiro atoms. The van der Waals surface area contributed by atoms with Crippen molar-refractivity contribution in [1.82, 2.24) is 15.2 Å². The van der Waals surface area contributed by atoms with E-state index in [4.69, 9.17) is 0 Å². The Morgan fingerprint density at radius 2 is 2.20 bits per heavy atom. The van der Waals surface area contributed by atoms with E-state index in [0.717, 1.165) is 0 Å². The second kappa shape index (κ2) is 6.33. The molecule has 0 bridgehead atoms. The van der Waals surface area contributed by atoms with Gasteiger partial charge in [0, 0.05) is 11.3 Å². The molecule has 1 amide bonds. The van der Waals surface area contributed by atoms with Crippen molar-refractivity contribution in [2.45, 2.75) is 19.0 Å². The number of amides is 1. The van der Waals surface area contributed by atoms with E-state index >= 15 is 0 Å². The summed E-state index contributed by atoms with van der Waals surface area (Å²) in [7, 11) is 0. The molecule has 7 heteroatoms. The highest BCUT2D eigenvalue weighted by Crippen LogP contribution is 2.14. The monoisotopic (exact) mass is 290 g/mol. The predicted octanol–water partition coefficient (Wildman–Crippen LogP) is 2.05. The van der Waals surface area contributed by atoms with Crippen LogP contribution in [0.4, 0.5) is 5.69 Å². The maximum Gasteiger partial charge on any atom is 0.234 e. The highest BCUT2D eigenvalue weighted by Gasteiger charge is 2.07. The number of nitrogens with one attached hydrogen (secondary N) is 2. The van der Waals surface area contributed by atoms with E-state index in [2.05, 4.69) is 20.5 Å². The van der Waals surface area contributed by atoms with Crippen molar-refractivity contribution in [2.75, 3.05) is 11.1 Å². The molecule has 0 fully saturated rings. The number of hydrogen-bond donors (Lipinski definition) is 2. The number of thioether (sulfide) groups is 1. The number of hydrogen-bond acceptors (Lipinski definition) is 5. The van der Waals surface area contributed by atoms with E-state index in [1.165, 1.54) is 18.7 Å². The minimum atomic E-state index is -0.168. The summed E-state index contributed by atoms with van der Waals surface area (Å²) in [6, 6.07) is 6.84. The summed E-state index contributed by atoms with van der Waals surface area (Å²) in [5, 5.41) is 9.92. The van der Waals surface area contributed by atoms with Gasteiger partial charge < -0.3 is 5.32 Å². The molecule has 2 aromatic rings. The van der Waals surface area contributed by atoms with Crippen LogP contribution in [0.5, 0.6) is 0 Å². The van der Waals surface area contributed by atoms with Crippen LogP contribution in [0.15, 0.2) is 29.4 Å². The number of rotatable bonds is 5. The maximum absolute atomic E-state index is 11.8. The molecule has 0 radical (unpaired) electrons. The van der Waals surface area contributed by atoms with Crippen LogP contribution in [0.25, 0.3) is 0 Å². The lowest BCUT2D eigenvalue weighted by molar-refractivity contribution is -0.113. The number of H-pyrrole nitrogens is 1. The Morgan fingerprint density at radius 1 is 1.40 bits per heavy atom. The number of ketones is 1. The smallest absolute Gasteiger partial charge is 0.234 e. The van der Waals surface area contributed by atoms with Gasteiger partial charge in [0.05, 0.1) is 5.75 Å². The molecule has 0 aliphatic heterocycles. The molecule has 0 unspecified atom stereocenters. The second-order valence-electron chi connectivity index (χ2n) is 4.18. The SMILES string of the molecule is CC(=O)c1cccc(NC(=O)CSc2n[nH]c(C)n2)c1. The number of anilines is 1. The summed E-state index contributed by atoms with van der Waals surface area (Å²) >= 11 is 1.25. The molecule has 0 atom stereocenters. The van der Waals surface area contributed by atoms with Crippen molar-refractivity contribution in [3.63, 3.8) is 0 Å². The Labute approximate surface area is 120 Å². The summed E-state index contributed by atoms with van der Waals surface area (Å²) in [4.78, 5) is 27.1. The number of Topliss-reactive ketones (excluding diaryl/α,β-unsaturated/α-hetero) is 1. The van der Waals surface area contributed by atoms with Gasteiger partial charge in [-0.25, -0.2) is 4.98 Å².